The highest BCUT2D eigenvalue weighted by Gasteiger charge is 2.09. The molecule has 2 heterocycles. The summed E-state index contributed by atoms with van der Waals surface area (Å²) in [6.45, 7) is 0. The molecule has 0 unspecified atom stereocenters. The Bertz CT molecular complexity index is 621. The second-order valence-corrected chi connectivity index (χ2v) is 4.55. The average molecular weight is 228 g/mol. The predicted octanol–water partition coefficient (Wildman–Crippen LogP) is 3.10. The van der Waals surface area contributed by atoms with E-state index in [1.54, 1.807) is 17.5 Å². The Balaban J connectivity index is 2.22. The molecule has 16 heavy (non-hydrogen) atoms. The monoisotopic (exact) mass is 228 g/mol. The predicted molar refractivity (Wildman–Crippen MR) is 64.8 cm³/mol. The van der Waals surface area contributed by atoms with Gasteiger partial charge in [-0.15, -0.1) is 11.3 Å². The van der Waals surface area contributed by atoms with Crippen LogP contribution in [-0.4, -0.2) is 16.5 Å². The van der Waals surface area contributed by atoms with Gasteiger partial charge in [-0.05, 0) is 17.5 Å². The van der Waals surface area contributed by atoms with Crippen LogP contribution in [0.25, 0.3) is 20.7 Å². The maximum absolute atomic E-state index is 10.8. The van der Waals surface area contributed by atoms with Crippen LogP contribution < -0.4 is 0 Å². The van der Waals surface area contributed by atoms with E-state index in [2.05, 4.69) is 28.4 Å². The van der Waals surface area contributed by atoms with Crippen molar-refractivity contribution in [1.29, 1.82) is 0 Å². The number of aldehydes is 1. The molecule has 3 rings (SSSR count). The van der Waals surface area contributed by atoms with Crippen LogP contribution in [0.2, 0.25) is 0 Å². The lowest BCUT2D eigenvalue weighted by molar-refractivity contribution is 0.112. The summed E-state index contributed by atoms with van der Waals surface area (Å²) in [6, 6.07) is 10.2. The van der Waals surface area contributed by atoms with Gasteiger partial charge in [-0.1, -0.05) is 18.2 Å². The van der Waals surface area contributed by atoms with E-state index >= 15 is 0 Å². The minimum atomic E-state index is 0.603. The first kappa shape index (κ1) is 9.30. The van der Waals surface area contributed by atoms with Gasteiger partial charge in [0.05, 0.1) is 22.3 Å². The molecule has 0 aliphatic rings. The number of hydrogen-bond acceptors (Lipinski definition) is 3. The molecule has 0 aliphatic heterocycles. The van der Waals surface area contributed by atoms with Crippen molar-refractivity contribution in [2.45, 2.75) is 0 Å². The Morgan fingerprint density at radius 1 is 1.31 bits per heavy atom. The molecule has 0 amide bonds. The largest absolute Gasteiger partial charge is 0.298 e. The summed E-state index contributed by atoms with van der Waals surface area (Å²) in [5.74, 6) is 0. The molecule has 1 aromatic carbocycles. The van der Waals surface area contributed by atoms with Gasteiger partial charge in [0.15, 0.2) is 6.29 Å². The van der Waals surface area contributed by atoms with E-state index < -0.39 is 0 Å². The first-order valence-corrected chi connectivity index (χ1v) is 5.67. The van der Waals surface area contributed by atoms with Crippen LogP contribution in [0.5, 0.6) is 0 Å². The molecule has 0 saturated heterocycles. The molecule has 3 nitrogen and oxygen atoms in total. The number of nitrogens with zero attached hydrogens (tertiary/aromatic N) is 1. The maximum Gasteiger partial charge on any atom is 0.153 e. The number of thiophene rings is 1. The molecule has 0 fully saturated rings. The molecule has 0 bridgehead atoms. The van der Waals surface area contributed by atoms with Crippen LogP contribution in [0.15, 0.2) is 36.5 Å². The molecule has 4 heteroatoms. The van der Waals surface area contributed by atoms with Crippen molar-refractivity contribution in [3.05, 3.63) is 42.1 Å². The highest BCUT2D eigenvalue weighted by molar-refractivity contribution is 7.22. The second kappa shape index (κ2) is 3.57. The summed E-state index contributed by atoms with van der Waals surface area (Å²) in [6.07, 6.45) is 2.37. The third-order valence-corrected chi connectivity index (χ3v) is 3.60. The molecule has 3 aromatic rings. The average Bonchev–Trinajstić information content (AvgIpc) is 2.94. The first-order valence-electron chi connectivity index (χ1n) is 4.86. The van der Waals surface area contributed by atoms with Gasteiger partial charge in [-0.2, -0.15) is 5.10 Å². The number of nitrogens with one attached hydrogen (secondary N) is 1. The van der Waals surface area contributed by atoms with Gasteiger partial charge in [0.25, 0.3) is 0 Å². The van der Waals surface area contributed by atoms with Crippen LogP contribution >= 0.6 is 11.3 Å². The SMILES string of the molecule is O=Cc1cn[nH]c1-c1cc2ccccc2s1. The van der Waals surface area contributed by atoms with Crippen molar-refractivity contribution in [2.24, 2.45) is 0 Å². The zero-order valence-electron chi connectivity index (χ0n) is 8.31. The second-order valence-electron chi connectivity index (χ2n) is 3.47. The Labute approximate surface area is 95.7 Å². The number of aromatic nitrogens is 2. The lowest BCUT2D eigenvalue weighted by Crippen LogP contribution is -1.79. The van der Waals surface area contributed by atoms with Crippen molar-refractivity contribution in [1.82, 2.24) is 10.2 Å². The Kier molecular flexibility index (Phi) is 2.08. The van der Waals surface area contributed by atoms with Crippen molar-refractivity contribution >= 4 is 27.7 Å². The molecular weight excluding hydrogens is 220 g/mol. The third kappa shape index (κ3) is 1.35. The van der Waals surface area contributed by atoms with E-state index in [0.29, 0.717) is 5.56 Å². The standard InChI is InChI=1S/C12H8N2OS/c15-7-9-6-13-14-12(9)11-5-8-3-1-2-4-10(8)16-11/h1-7H,(H,13,14). The van der Waals surface area contributed by atoms with E-state index in [4.69, 9.17) is 0 Å². The van der Waals surface area contributed by atoms with Gasteiger partial charge in [-0.25, -0.2) is 0 Å². The van der Waals surface area contributed by atoms with E-state index in [-0.39, 0.29) is 0 Å². The molecule has 0 spiro atoms. The lowest BCUT2D eigenvalue weighted by atomic mass is 10.2. The Hall–Kier alpha value is -1.94. The normalized spacial score (nSPS) is 10.8. The van der Waals surface area contributed by atoms with E-state index in [0.717, 1.165) is 16.9 Å². The van der Waals surface area contributed by atoms with Crippen molar-refractivity contribution < 1.29 is 4.79 Å². The zero-order chi connectivity index (χ0) is 11.0. The molecule has 0 aliphatic carbocycles. The van der Waals surface area contributed by atoms with Crippen molar-refractivity contribution in [2.75, 3.05) is 0 Å². The number of fused-ring (bicyclic) bond motifs is 1. The summed E-state index contributed by atoms with van der Waals surface area (Å²) >= 11 is 1.65. The molecule has 78 valence electrons. The number of rotatable bonds is 2. The van der Waals surface area contributed by atoms with Crippen molar-refractivity contribution in [3.63, 3.8) is 0 Å². The third-order valence-electron chi connectivity index (χ3n) is 2.47. The molecule has 0 saturated carbocycles. The number of aromatic amines is 1. The fourth-order valence-electron chi connectivity index (χ4n) is 1.69. The van der Waals surface area contributed by atoms with Crippen LogP contribution in [-0.2, 0) is 0 Å². The molecule has 0 atom stereocenters. The Morgan fingerprint density at radius 3 is 3.00 bits per heavy atom. The number of carbonyl (C=O) groups excluding carboxylic acids is 1. The molecule has 1 N–H and O–H groups in total. The summed E-state index contributed by atoms with van der Waals surface area (Å²) in [7, 11) is 0. The van der Waals surface area contributed by atoms with Gasteiger partial charge in [0.2, 0.25) is 0 Å². The van der Waals surface area contributed by atoms with Crippen LogP contribution in [0, 0.1) is 0 Å². The number of carbonyl (C=O) groups is 1. The number of benzene rings is 1. The van der Waals surface area contributed by atoms with E-state index in [9.17, 15) is 4.79 Å². The number of H-pyrrole nitrogens is 1. The van der Waals surface area contributed by atoms with Gasteiger partial charge in [0, 0.05) is 4.70 Å². The zero-order valence-corrected chi connectivity index (χ0v) is 9.12. The van der Waals surface area contributed by atoms with Gasteiger partial charge >= 0.3 is 0 Å². The summed E-state index contributed by atoms with van der Waals surface area (Å²) in [5.41, 5.74) is 1.41. The number of hydrogen-bond donors (Lipinski definition) is 1. The smallest absolute Gasteiger partial charge is 0.153 e. The highest BCUT2D eigenvalue weighted by atomic mass is 32.1. The minimum absolute atomic E-state index is 0.603. The highest BCUT2D eigenvalue weighted by Crippen LogP contribution is 2.33. The van der Waals surface area contributed by atoms with Gasteiger partial charge in [0.1, 0.15) is 0 Å². The maximum atomic E-state index is 10.8. The quantitative estimate of drug-likeness (QED) is 0.685. The molecular formula is C12H8N2OS. The topological polar surface area (TPSA) is 45.8 Å². The van der Waals surface area contributed by atoms with Crippen LogP contribution in [0.3, 0.4) is 0 Å². The van der Waals surface area contributed by atoms with Crippen molar-refractivity contribution in [3.8, 4) is 10.6 Å². The van der Waals surface area contributed by atoms with Crippen LogP contribution in [0.4, 0.5) is 0 Å². The summed E-state index contributed by atoms with van der Waals surface area (Å²) < 4.78 is 1.21. The Morgan fingerprint density at radius 2 is 2.19 bits per heavy atom. The summed E-state index contributed by atoms with van der Waals surface area (Å²) in [5, 5.41) is 7.94. The van der Waals surface area contributed by atoms with Crippen LogP contribution in [0.1, 0.15) is 10.4 Å². The van der Waals surface area contributed by atoms with E-state index in [1.165, 1.54) is 10.1 Å². The molecule has 2 aromatic heterocycles. The van der Waals surface area contributed by atoms with E-state index in [1.807, 2.05) is 12.1 Å². The van der Waals surface area contributed by atoms with Gasteiger partial charge < -0.3 is 0 Å². The van der Waals surface area contributed by atoms with Gasteiger partial charge in [-0.3, -0.25) is 9.89 Å². The lowest BCUT2D eigenvalue weighted by Gasteiger charge is -1.90. The fourth-order valence-corrected chi connectivity index (χ4v) is 2.77. The fraction of sp³-hybridized carbons (Fsp3) is 0. The summed E-state index contributed by atoms with van der Waals surface area (Å²) in [4.78, 5) is 11.9. The molecule has 0 radical (unpaired) electrons. The first-order chi connectivity index (χ1) is 7.88. The minimum Gasteiger partial charge on any atom is -0.298 e.